The largest absolute Gasteiger partial charge is 0.333 e. The summed E-state index contributed by atoms with van der Waals surface area (Å²) in [5.74, 6) is 0. The minimum Gasteiger partial charge on any atom is -0.333 e. The summed E-state index contributed by atoms with van der Waals surface area (Å²) in [5, 5.41) is 5.70. The highest BCUT2D eigenvalue weighted by Crippen LogP contribution is 2.32. The first-order valence-corrected chi connectivity index (χ1v) is 12.9. The van der Waals surface area contributed by atoms with Gasteiger partial charge >= 0.3 is 6.03 Å². The molecule has 1 amide bonds. The summed E-state index contributed by atoms with van der Waals surface area (Å²) in [6, 6.07) is 15.4. The first-order valence-electron chi connectivity index (χ1n) is 11.7. The quantitative estimate of drug-likeness (QED) is 0.274. The Kier molecular flexibility index (Phi) is 7.35. The first kappa shape index (κ1) is 24.8. The molecule has 4 aromatic rings. The van der Waals surface area contributed by atoms with Crippen molar-refractivity contribution in [1.29, 1.82) is 0 Å². The first-order chi connectivity index (χ1) is 17.4. The van der Waals surface area contributed by atoms with Gasteiger partial charge in [0.1, 0.15) is 5.15 Å². The lowest BCUT2D eigenvalue weighted by atomic mass is 10.0. The lowest BCUT2D eigenvalue weighted by Crippen LogP contribution is -2.34. The van der Waals surface area contributed by atoms with Crippen molar-refractivity contribution < 1.29 is 4.79 Å². The van der Waals surface area contributed by atoms with Crippen LogP contribution in [-0.4, -0.2) is 33.6 Å². The van der Waals surface area contributed by atoms with Gasteiger partial charge in [-0.05, 0) is 60.0 Å². The van der Waals surface area contributed by atoms with E-state index in [0.29, 0.717) is 21.7 Å². The molecule has 184 valence electrons. The van der Waals surface area contributed by atoms with Crippen LogP contribution in [0.5, 0.6) is 0 Å². The Balaban J connectivity index is 1.36. The van der Waals surface area contributed by atoms with Gasteiger partial charge in [-0.15, -0.1) is 0 Å². The summed E-state index contributed by atoms with van der Waals surface area (Å²) in [6.07, 6.45) is 6.63. The van der Waals surface area contributed by atoms with E-state index in [1.807, 2.05) is 34.9 Å². The van der Waals surface area contributed by atoms with Crippen LogP contribution in [0.1, 0.15) is 27.9 Å². The molecule has 0 bridgehead atoms. The van der Waals surface area contributed by atoms with Gasteiger partial charge in [0.15, 0.2) is 0 Å². The molecule has 5 rings (SSSR count). The Morgan fingerprint density at radius 1 is 1.08 bits per heavy atom. The molecule has 2 aromatic carbocycles. The van der Waals surface area contributed by atoms with E-state index in [9.17, 15) is 4.79 Å². The average molecular weight is 540 g/mol. The molecule has 5 nitrogen and oxygen atoms in total. The minimum absolute atomic E-state index is 0.133. The monoisotopic (exact) mass is 538 g/mol. The van der Waals surface area contributed by atoms with Crippen LogP contribution in [0.3, 0.4) is 0 Å². The van der Waals surface area contributed by atoms with Gasteiger partial charge in [0.05, 0.1) is 15.6 Å². The molecule has 0 spiro atoms. The van der Waals surface area contributed by atoms with E-state index in [0.717, 1.165) is 53.8 Å². The molecule has 8 heteroatoms. The summed E-state index contributed by atoms with van der Waals surface area (Å²) < 4.78 is 1.84. The molecule has 0 fully saturated rings. The maximum atomic E-state index is 13.4. The molecule has 3 heterocycles. The summed E-state index contributed by atoms with van der Waals surface area (Å²) in [4.78, 5) is 19.7. The predicted molar refractivity (Wildman–Crippen MR) is 148 cm³/mol. The van der Waals surface area contributed by atoms with Crippen LogP contribution in [0.25, 0.3) is 17.0 Å². The normalized spacial score (nSPS) is 13.9. The van der Waals surface area contributed by atoms with Crippen LogP contribution in [-0.2, 0) is 19.5 Å². The van der Waals surface area contributed by atoms with E-state index in [2.05, 4.69) is 46.4 Å². The summed E-state index contributed by atoms with van der Waals surface area (Å²) >= 11 is 18.2. The molecule has 1 aliphatic rings. The number of halogens is 3. The third-order valence-corrected chi connectivity index (χ3v) is 7.38. The lowest BCUT2D eigenvalue weighted by Gasteiger charge is -2.27. The molecular formula is C28H25Cl3N4O. The maximum absolute atomic E-state index is 13.4. The fourth-order valence-corrected chi connectivity index (χ4v) is 5.18. The average Bonchev–Trinajstić information content (AvgIpc) is 3.18. The second-order valence-corrected chi connectivity index (χ2v) is 10.2. The van der Waals surface area contributed by atoms with Crippen molar-refractivity contribution in [3.8, 4) is 0 Å². The number of aromatic nitrogens is 2. The van der Waals surface area contributed by atoms with Gasteiger partial charge in [0.25, 0.3) is 0 Å². The standard InChI is InChI=1S/C28H25Cl3N4O/c1-18-4-7-25-21(13-18)22-17-34(11-2-3-19-5-6-23(29)24(30)14-19)12-9-26(22)35(25)28(36)33-16-20-8-10-32-27(31)15-20/h2-8,10,13-15H,9,11-12,16-17H2,1H3,(H,33,36). The minimum atomic E-state index is -0.133. The SMILES string of the molecule is Cc1ccc2c(c1)c1c(n2C(=O)NCc2ccnc(Cl)c2)CCN(CC=Cc2ccc(Cl)c(Cl)c2)C1. The van der Waals surface area contributed by atoms with Gasteiger partial charge < -0.3 is 5.32 Å². The molecule has 1 N–H and O–H groups in total. The zero-order valence-electron chi connectivity index (χ0n) is 19.8. The van der Waals surface area contributed by atoms with E-state index in [1.54, 1.807) is 12.3 Å². The van der Waals surface area contributed by atoms with Crippen molar-refractivity contribution in [3.05, 3.63) is 104 Å². The van der Waals surface area contributed by atoms with Gasteiger partial charge in [-0.3, -0.25) is 9.47 Å². The Labute approximate surface area is 225 Å². The van der Waals surface area contributed by atoms with Gasteiger partial charge in [-0.1, -0.05) is 64.7 Å². The maximum Gasteiger partial charge on any atom is 0.326 e. The van der Waals surface area contributed by atoms with Gasteiger partial charge in [0, 0.05) is 49.9 Å². The van der Waals surface area contributed by atoms with E-state index >= 15 is 0 Å². The number of hydrogen-bond donors (Lipinski definition) is 1. The lowest BCUT2D eigenvalue weighted by molar-refractivity contribution is 0.240. The number of hydrogen-bond acceptors (Lipinski definition) is 3. The second-order valence-electron chi connectivity index (χ2n) is 8.99. The van der Waals surface area contributed by atoms with Gasteiger partial charge in [-0.25, -0.2) is 9.78 Å². The molecule has 36 heavy (non-hydrogen) atoms. The number of rotatable bonds is 5. The van der Waals surface area contributed by atoms with Crippen LogP contribution in [0.2, 0.25) is 15.2 Å². The fraction of sp³-hybridized carbons (Fsp3) is 0.214. The van der Waals surface area contributed by atoms with Crippen molar-refractivity contribution in [3.63, 3.8) is 0 Å². The van der Waals surface area contributed by atoms with Crippen LogP contribution in [0.15, 0.2) is 60.8 Å². The fourth-order valence-electron chi connectivity index (χ4n) is 4.68. The Bertz CT molecular complexity index is 1480. The number of nitrogens with one attached hydrogen (secondary N) is 1. The van der Waals surface area contributed by atoms with Crippen molar-refractivity contribution in [1.82, 2.24) is 19.8 Å². The predicted octanol–water partition coefficient (Wildman–Crippen LogP) is 7.13. The molecule has 0 atom stereocenters. The number of benzene rings is 2. The third-order valence-electron chi connectivity index (χ3n) is 6.44. The van der Waals surface area contributed by atoms with Crippen LogP contribution < -0.4 is 5.32 Å². The zero-order chi connectivity index (χ0) is 25.2. The third kappa shape index (κ3) is 5.30. The van der Waals surface area contributed by atoms with Crippen molar-refractivity contribution in [2.24, 2.45) is 0 Å². The van der Waals surface area contributed by atoms with Crippen LogP contribution in [0.4, 0.5) is 4.79 Å². The van der Waals surface area contributed by atoms with Crippen molar-refractivity contribution in [2.45, 2.75) is 26.4 Å². The Morgan fingerprint density at radius 3 is 2.75 bits per heavy atom. The topological polar surface area (TPSA) is 50.2 Å². The summed E-state index contributed by atoms with van der Waals surface area (Å²) in [7, 11) is 0. The molecule has 0 radical (unpaired) electrons. The van der Waals surface area contributed by atoms with E-state index < -0.39 is 0 Å². The Morgan fingerprint density at radius 2 is 1.94 bits per heavy atom. The summed E-state index contributed by atoms with van der Waals surface area (Å²) in [5.41, 5.74) is 6.32. The highest BCUT2D eigenvalue weighted by molar-refractivity contribution is 6.42. The number of fused-ring (bicyclic) bond motifs is 3. The molecule has 0 saturated carbocycles. The van der Waals surface area contributed by atoms with Crippen molar-refractivity contribution in [2.75, 3.05) is 13.1 Å². The number of carbonyl (C=O) groups is 1. The highest BCUT2D eigenvalue weighted by atomic mass is 35.5. The molecule has 0 unspecified atom stereocenters. The molecule has 0 saturated heterocycles. The number of amides is 1. The summed E-state index contributed by atoms with van der Waals surface area (Å²) in [6.45, 7) is 4.90. The van der Waals surface area contributed by atoms with Crippen LogP contribution in [0, 0.1) is 6.92 Å². The molecule has 1 aliphatic heterocycles. The van der Waals surface area contributed by atoms with Crippen LogP contribution >= 0.6 is 34.8 Å². The Hall–Kier alpha value is -2.83. The molecule has 2 aromatic heterocycles. The van der Waals surface area contributed by atoms with E-state index in [-0.39, 0.29) is 6.03 Å². The molecular weight excluding hydrogens is 515 g/mol. The second kappa shape index (κ2) is 10.7. The highest BCUT2D eigenvalue weighted by Gasteiger charge is 2.26. The number of carbonyl (C=O) groups excluding carboxylic acids is 1. The van der Waals surface area contributed by atoms with E-state index in [4.69, 9.17) is 34.8 Å². The van der Waals surface area contributed by atoms with Crippen molar-refractivity contribution >= 4 is 57.8 Å². The number of pyridine rings is 1. The number of nitrogens with zero attached hydrogens (tertiary/aromatic N) is 3. The molecule has 0 aliphatic carbocycles. The number of aryl methyl sites for hydroxylation is 1. The van der Waals surface area contributed by atoms with Gasteiger partial charge in [0.2, 0.25) is 0 Å². The van der Waals surface area contributed by atoms with Gasteiger partial charge in [-0.2, -0.15) is 0 Å². The van der Waals surface area contributed by atoms with E-state index in [1.165, 1.54) is 11.1 Å². The zero-order valence-corrected chi connectivity index (χ0v) is 22.0. The smallest absolute Gasteiger partial charge is 0.326 e.